The van der Waals surface area contributed by atoms with E-state index >= 15 is 0 Å². The van der Waals surface area contributed by atoms with Crippen LogP contribution in [0.4, 0.5) is 13.2 Å². The van der Waals surface area contributed by atoms with E-state index in [0.717, 1.165) is 21.3 Å². The Morgan fingerprint density at radius 1 is 1.33 bits per heavy atom. The van der Waals surface area contributed by atoms with Crippen molar-refractivity contribution in [2.45, 2.75) is 25.1 Å². The lowest BCUT2D eigenvalue weighted by molar-refractivity contribution is -0.136. The van der Waals surface area contributed by atoms with Crippen LogP contribution in [0.5, 0.6) is 5.88 Å². The highest BCUT2D eigenvalue weighted by Crippen LogP contribution is 2.36. The molecule has 0 aromatic carbocycles. The van der Waals surface area contributed by atoms with Gasteiger partial charge in [-0.1, -0.05) is 11.6 Å². The molecule has 0 atom stereocenters. The van der Waals surface area contributed by atoms with E-state index in [-0.39, 0.29) is 40.3 Å². The first-order chi connectivity index (χ1) is 14.1. The predicted molar refractivity (Wildman–Crippen MR) is 102 cm³/mol. The van der Waals surface area contributed by atoms with Gasteiger partial charge in [0.1, 0.15) is 5.15 Å². The maximum absolute atomic E-state index is 13.4. The van der Waals surface area contributed by atoms with Crippen molar-refractivity contribution in [1.29, 1.82) is 0 Å². The minimum absolute atomic E-state index is 0.131. The molecule has 3 aromatic heterocycles. The van der Waals surface area contributed by atoms with E-state index < -0.39 is 29.1 Å². The summed E-state index contributed by atoms with van der Waals surface area (Å²) in [5.74, 6) is -1.63. The van der Waals surface area contributed by atoms with Gasteiger partial charge >= 0.3 is 11.9 Å². The predicted octanol–water partition coefficient (Wildman–Crippen LogP) is 3.71. The number of fused-ring (bicyclic) bond motifs is 1. The molecule has 1 fully saturated rings. The lowest BCUT2D eigenvalue weighted by Crippen LogP contribution is -2.40. The van der Waals surface area contributed by atoms with Crippen molar-refractivity contribution in [1.82, 2.24) is 18.9 Å². The van der Waals surface area contributed by atoms with Crippen LogP contribution in [0, 0.1) is 0 Å². The molecule has 0 bridgehead atoms. The molecular weight excluding hydrogens is 497 g/mol. The van der Waals surface area contributed by atoms with Crippen LogP contribution >= 0.6 is 27.5 Å². The van der Waals surface area contributed by atoms with Gasteiger partial charge in [0.15, 0.2) is 17.6 Å². The van der Waals surface area contributed by atoms with Gasteiger partial charge in [0.25, 0.3) is 5.91 Å². The summed E-state index contributed by atoms with van der Waals surface area (Å²) in [6, 6.07) is 0.498. The highest BCUT2D eigenvalue weighted by atomic mass is 79.9. The number of pyridine rings is 1. The molecule has 1 N–H and O–H groups in total. The fraction of sp³-hybridized carbons (Fsp3) is 0.353. The van der Waals surface area contributed by atoms with E-state index in [1.165, 1.54) is 11.1 Å². The first-order valence-electron chi connectivity index (χ1n) is 8.70. The van der Waals surface area contributed by atoms with Gasteiger partial charge < -0.3 is 14.4 Å². The standard InChI is InChI=1S/C17H13BrClF3N4O4/c18-8-5-10(17(20,21)22)14-23-12(13(19)25(14)6-8)15(28)24-3-1-9(2-4-24)26-11(27)7-30-16(26)29/h5-7,9,27H,1-4H2. The number of imidazole rings is 1. The Kier molecular flexibility index (Phi) is 5.09. The molecule has 3 aromatic rings. The summed E-state index contributed by atoms with van der Waals surface area (Å²) >= 11 is 9.20. The number of carbonyl (C=O) groups is 1. The molecule has 1 amide bonds. The molecule has 0 aliphatic carbocycles. The van der Waals surface area contributed by atoms with Crippen molar-refractivity contribution in [3.05, 3.63) is 50.0 Å². The Balaban J connectivity index is 1.62. The molecule has 0 spiro atoms. The number of aromatic nitrogens is 3. The number of piperidine rings is 1. The third-order valence-electron chi connectivity index (χ3n) is 4.96. The molecule has 1 aliphatic rings. The minimum atomic E-state index is -4.68. The van der Waals surface area contributed by atoms with Crippen LogP contribution in [0.3, 0.4) is 0 Å². The third kappa shape index (κ3) is 3.47. The summed E-state index contributed by atoms with van der Waals surface area (Å²) in [7, 11) is 0. The lowest BCUT2D eigenvalue weighted by Gasteiger charge is -2.31. The van der Waals surface area contributed by atoms with E-state index in [1.54, 1.807) is 0 Å². The molecule has 0 unspecified atom stereocenters. The molecule has 4 rings (SSSR count). The van der Waals surface area contributed by atoms with Gasteiger partial charge in [-0.15, -0.1) is 0 Å². The molecular formula is C17H13BrClF3N4O4. The number of hydrogen-bond acceptors (Lipinski definition) is 5. The number of oxazole rings is 1. The number of aromatic hydroxyl groups is 1. The second-order valence-electron chi connectivity index (χ2n) is 6.77. The van der Waals surface area contributed by atoms with Crippen LogP contribution < -0.4 is 5.76 Å². The summed E-state index contributed by atoms with van der Waals surface area (Å²) in [5.41, 5.74) is -1.78. The first kappa shape index (κ1) is 20.8. The molecule has 1 aliphatic heterocycles. The van der Waals surface area contributed by atoms with Crippen LogP contribution in [0.15, 0.2) is 32.2 Å². The zero-order chi connectivity index (χ0) is 21.8. The quantitative estimate of drug-likeness (QED) is 0.569. The number of amides is 1. The fourth-order valence-electron chi connectivity index (χ4n) is 3.55. The van der Waals surface area contributed by atoms with E-state index in [2.05, 4.69) is 25.3 Å². The van der Waals surface area contributed by atoms with Crippen molar-refractivity contribution in [3.8, 4) is 5.88 Å². The van der Waals surface area contributed by atoms with Gasteiger partial charge in [-0.3, -0.25) is 9.20 Å². The van der Waals surface area contributed by atoms with Crippen molar-refractivity contribution in [3.63, 3.8) is 0 Å². The highest BCUT2D eigenvalue weighted by molar-refractivity contribution is 9.10. The van der Waals surface area contributed by atoms with E-state index in [1.807, 2.05) is 0 Å². The highest BCUT2D eigenvalue weighted by Gasteiger charge is 2.37. The van der Waals surface area contributed by atoms with Gasteiger partial charge in [0, 0.05) is 29.8 Å². The number of carbonyl (C=O) groups excluding carboxylic acids is 1. The van der Waals surface area contributed by atoms with Crippen LogP contribution in [0.1, 0.15) is 34.9 Å². The monoisotopic (exact) mass is 508 g/mol. The Labute approximate surface area is 179 Å². The Morgan fingerprint density at radius 2 is 2.00 bits per heavy atom. The normalized spacial score (nSPS) is 15.8. The van der Waals surface area contributed by atoms with E-state index in [9.17, 15) is 27.9 Å². The van der Waals surface area contributed by atoms with Crippen molar-refractivity contribution >= 4 is 39.1 Å². The maximum Gasteiger partial charge on any atom is 0.422 e. The van der Waals surface area contributed by atoms with Gasteiger partial charge in [-0.2, -0.15) is 13.2 Å². The average molecular weight is 510 g/mol. The van der Waals surface area contributed by atoms with E-state index in [4.69, 9.17) is 11.6 Å². The molecule has 8 nitrogen and oxygen atoms in total. The topological polar surface area (TPSA) is 93.0 Å². The maximum atomic E-state index is 13.4. The van der Waals surface area contributed by atoms with Gasteiger partial charge in [0.2, 0.25) is 5.88 Å². The second kappa shape index (κ2) is 7.34. The van der Waals surface area contributed by atoms with Crippen LogP contribution in [-0.4, -0.2) is 43.0 Å². The van der Waals surface area contributed by atoms with Crippen LogP contribution in [0.25, 0.3) is 5.65 Å². The molecule has 160 valence electrons. The molecule has 0 saturated carbocycles. The molecule has 13 heteroatoms. The summed E-state index contributed by atoms with van der Waals surface area (Å²) < 4.78 is 47.0. The first-order valence-corrected chi connectivity index (χ1v) is 9.87. The zero-order valence-electron chi connectivity index (χ0n) is 15.0. The summed E-state index contributed by atoms with van der Waals surface area (Å²) in [5, 5.41) is 9.50. The number of alkyl halides is 3. The van der Waals surface area contributed by atoms with Gasteiger partial charge in [-0.25, -0.2) is 14.3 Å². The number of halogens is 5. The summed E-state index contributed by atoms with van der Waals surface area (Å²) in [6.07, 6.45) is -1.77. The second-order valence-corrected chi connectivity index (χ2v) is 8.04. The average Bonchev–Trinajstić information content (AvgIpc) is 3.19. The summed E-state index contributed by atoms with van der Waals surface area (Å²) in [6.45, 7) is 0.390. The number of rotatable bonds is 2. The fourth-order valence-corrected chi connectivity index (χ4v) is 4.24. The summed E-state index contributed by atoms with van der Waals surface area (Å²) in [4.78, 5) is 29.9. The van der Waals surface area contributed by atoms with E-state index in [0.29, 0.717) is 12.8 Å². The van der Waals surface area contributed by atoms with Gasteiger partial charge in [-0.05, 0) is 34.8 Å². The largest absolute Gasteiger partial charge is 0.492 e. The third-order valence-corrected chi connectivity index (χ3v) is 5.76. The molecule has 30 heavy (non-hydrogen) atoms. The lowest BCUT2D eigenvalue weighted by atomic mass is 10.0. The number of nitrogens with zero attached hydrogens (tertiary/aromatic N) is 4. The number of likely N-dealkylation sites (tertiary alicyclic amines) is 1. The Morgan fingerprint density at radius 3 is 2.57 bits per heavy atom. The Hall–Kier alpha value is -2.47. The molecule has 0 radical (unpaired) electrons. The van der Waals surface area contributed by atoms with Crippen LogP contribution in [-0.2, 0) is 6.18 Å². The van der Waals surface area contributed by atoms with Gasteiger partial charge in [0.05, 0.1) is 5.56 Å². The Bertz CT molecular complexity index is 1190. The van der Waals surface area contributed by atoms with Crippen LogP contribution in [0.2, 0.25) is 5.15 Å². The minimum Gasteiger partial charge on any atom is -0.492 e. The molecule has 1 saturated heterocycles. The van der Waals surface area contributed by atoms with Crippen molar-refractivity contribution < 1.29 is 27.5 Å². The SMILES string of the molecule is O=C(c1nc2c(C(F)(F)F)cc(Br)cn2c1Cl)N1CCC(n2c(O)coc2=O)CC1. The molecule has 4 heterocycles. The zero-order valence-corrected chi connectivity index (χ0v) is 17.3. The van der Waals surface area contributed by atoms with Crippen molar-refractivity contribution in [2.24, 2.45) is 0 Å². The van der Waals surface area contributed by atoms with Crippen molar-refractivity contribution in [2.75, 3.05) is 13.1 Å². The smallest absolute Gasteiger partial charge is 0.422 e. The number of hydrogen-bond donors (Lipinski definition) is 1.